The lowest BCUT2D eigenvalue weighted by Gasteiger charge is -2.21. The van der Waals surface area contributed by atoms with Crippen molar-refractivity contribution in [2.75, 3.05) is 13.7 Å². The average Bonchev–Trinajstić information content (AvgIpc) is 2.84. The van der Waals surface area contributed by atoms with Gasteiger partial charge >= 0.3 is 0 Å². The Kier molecular flexibility index (Phi) is 5.64. The Balaban J connectivity index is 2.30. The highest BCUT2D eigenvalue weighted by atomic mass is 79.9. The van der Waals surface area contributed by atoms with Crippen LogP contribution in [-0.4, -0.2) is 13.7 Å². The molecule has 1 aromatic carbocycles. The highest BCUT2D eigenvalue weighted by molar-refractivity contribution is 9.10. The number of nitrogens with one attached hydrogen (secondary N) is 1. The van der Waals surface area contributed by atoms with Gasteiger partial charge in [-0.1, -0.05) is 24.6 Å². The quantitative estimate of drug-likeness (QED) is 0.810. The van der Waals surface area contributed by atoms with Crippen LogP contribution in [0, 0.1) is 6.92 Å². The minimum absolute atomic E-state index is 0.278. The molecule has 20 heavy (non-hydrogen) atoms. The van der Waals surface area contributed by atoms with Crippen LogP contribution in [0.25, 0.3) is 0 Å². The number of ether oxygens (including phenoxy) is 1. The summed E-state index contributed by atoms with van der Waals surface area (Å²) in [5.74, 6) is 0.956. The Labute approximate surface area is 133 Å². The van der Waals surface area contributed by atoms with E-state index in [2.05, 4.69) is 64.7 Å². The molecule has 1 aromatic heterocycles. The molecule has 0 bridgehead atoms. The van der Waals surface area contributed by atoms with Gasteiger partial charge in [0.25, 0.3) is 0 Å². The highest BCUT2D eigenvalue weighted by Crippen LogP contribution is 2.31. The maximum Gasteiger partial charge on any atom is 0.123 e. The number of methoxy groups -OCH3 is 1. The summed E-state index contributed by atoms with van der Waals surface area (Å²) in [6.45, 7) is 5.20. The fourth-order valence-electron chi connectivity index (χ4n) is 2.33. The van der Waals surface area contributed by atoms with Crippen LogP contribution < -0.4 is 10.1 Å². The zero-order valence-corrected chi connectivity index (χ0v) is 14.5. The summed E-state index contributed by atoms with van der Waals surface area (Å²) in [5, 5.41) is 5.70. The normalized spacial score (nSPS) is 12.4. The number of likely N-dealkylation sites (N-methyl/N-ethyl adjacent to an activating group) is 1. The van der Waals surface area contributed by atoms with Crippen LogP contribution in [0.5, 0.6) is 5.75 Å². The van der Waals surface area contributed by atoms with E-state index in [0.717, 1.165) is 23.2 Å². The van der Waals surface area contributed by atoms with Crippen molar-refractivity contribution in [3.8, 4) is 5.75 Å². The molecule has 2 rings (SSSR count). The van der Waals surface area contributed by atoms with E-state index in [9.17, 15) is 0 Å². The summed E-state index contributed by atoms with van der Waals surface area (Å²) >= 11 is 5.31. The van der Waals surface area contributed by atoms with Gasteiger partial charge in [0.2, 0.25) is 0 Å². The molecule has 0 spiro atoms. The van der Waals surface area contributed by atoms with E-state index in [-0.39, 0.29) is 6.04 Å². The molecule has 2 nitrogen and oxygen atoms in total. The molecule has 0 aliphatic heterocycles. The van der Waals surface area contributed by atoms with Crippen LogP contribution in [0.3, 0.4) is 0 Å². The Morgan fingerprint density at radius 2 is 2.15 bits per heavy atom. The summed E-state index contributed by atoms with van der Waals surface area (Å²) in [6.07, 6.45) is 0.976. The van der Waals surface area contributed by atoms with Crippen LogP contribution in [0.15, 0.2) is 34.1 Å². The second-order valence-electron chi connectivity index (χ2n) is 4.79. The van der Waals surface area contributed by atoms with E-state index in [1.165, 1.54) is 16.0 Å². The molecular formula is C16H20BrNOS. The van der Waals surface area contributed by atoms with E-state index in [4.69, 9.17) is 4.74 Å². The van der Waals surface area contributed by atoms with Gasteiger partial charge in [0.15, 0.2) is 0 Å². The molecule has 108 valence electrons. The van der Waals surface area contributed by atoms with Gasteiger partial charge in [0.1, 0.15) is 5.75 Å². The van der Waals surface area contributed by atoms with Gasteiger partial charge in [-0.2, -0.15) is 0 Å². The highest BCUT2D eigenvalue weighted by Gasteiger charge is 2.17. The Morgan fingerprint density at radius 1 is 1.35 bits per heavy atom. The second-order valence-corrected chi connectivity index (χ2v) is 6.70. The molecule has 4 heteroatoms. The molecule has 0 radical (unpaired) electrons. The van der Waals surface area contributed by atoms with Crippen molar-refractivity contribution in [1.82, 2.24) is 5.32 Å². The molecule has 0 saturated heterocycles. The Morgan fingerprint density at radius 3 is 2.75 bits per heavy atom. The zero-order valence-electron chi connectivity index (χ0n) is 12.1. The number of thiophene rings is 1. The van der Waals surface area contributed by atoms with Gasteiger partial charge in [-0.25, -0.2) is 0 Å². The van der Waals surface area contributed by atoms with Crippen LogP contribution in [0.4, 0.5) is 0 Å². The summed E-state index contributed by atoms with van der Waals surface area (Å²) in [7, 11) is 1.74. The third-order valence-electron chi connectivity index (χ3n) is 3.24. The topological polar surface area (TPSA) is 21.3 Å². The predicted molar refractivity (Wildman–Crippen MR) is 89.9 cm³/mol. The van der Waals surface area contributed by atoms with E-state index < -0.39 is 0 Å². The lowest BCUT2D eigenvalue weighted by Crippen LogP contribution is -2.23. The first-order chi connectivity index (χ1) is 9.63. The summed E-state index contributed by atoms with van der Waals surface area (Å²) in [6, 6.07) is 8.83. The van der Waals surface area contributed by atoms with Crippen molar-refractivity contribution in [1.29, 1.82) is 0 Å². The molecule has 0 amide bonds. The Hall–Kier alpha value is -0.840. The average molecular weight is 354 g/mol. The number of rotatable bonds is 6. The predicted octanol–water partition coefficient (Wildman–Crippen LogP) is 4.72. The van der Waals surface area contributed by atoms with Gasteiger partial charge in [-0.3, -0.25) is 0 Å². The number of benzene rings is 1. The van der Waals surface area contributed by atoms with Gasteiger partial charge in [-0.15, -0.1) is 11.3 Å². The van der Waals surface area contributed by atoms with Crippen LogP contribution in [0.1, 0.15) is 29.0 Å². The van der Waals surface area contributed by atoms with Gasteiger partial charge in [-0.05, 0) is 41.5 Å². The maximum atomic E-state index is 5.52. The molecule has 0 saturated carbocycles. The van der Waals surface area contributed by atoms with Crippen molar-refractivity contribution in [3.63, 3.8) is 0 Å². The van der Waals surface area contributed by atoms with Crippen molar-refractivity contribution in [3.05, 3.63) is 50.1 Å². The first-order valence-corrected chi connectivity index (χ1v) is 8.42. The van der Waals surface area contributed by atoms with Gasteiger partial charge < -0.3 is 10.1 Å². The van der Waals surface area contributed by atoms with E-state index >= 15 is 0 Å². The maximum absolute atomic E-state index is 5.52. The van der Waals surface area contributed by atoms with E-state index in [1.807, 2.05) is 0 Å². The summed E-state index contributed by atoms with van der Waals surface area (Å²) in [5.41, 5.74) is 2.50. The molecule has 1 N–H and O–H groups in total. The van der Waals surface area contributed by atoms with E-state index in [1.54, 1.807) is 18.4 Å². The number of halogens is 1. The molecule has 0 aliphatic rings. The fraction of sp³-hybridized carbons (Fsp3) is 0.375. The summed E-state index contributed by atoms with van der Waals surface area (Å²) < 4.78 is 6.68. The van der Waals surface area contributed by atoms with Crippen molar-refractivity contribution in [2.45, 2.75) is 26.3 Å². The van der Waals surface area contributed by atoms with Gasteiger partial charge in [0, 0.05) is 32.8 Å². The first-order valence-electron chi connectivity index (χ1n) is 6.75. The molecule has 0 aliphatic carbocycles. The lowest BCUT2D eigenvalue weighted by atomic mass is 9.99. The van der Waals surface area contributed by atoms with E-state index in [0.29, 0.717) is 0 Å². The number of aryl methyl sites for hydroxylation is 1. The molecule has 1 unspecified atom stereocenters. The molecule has 0 fully saturated rings. The SMILES string of the molecule is CCNC(Cc1cc(Br)cs1)c1cc(C)ccc1OC. The third kappa shape index (κ3) is 3.84. The van der Waals surface area contributed by atoms with Crippen molar-refractivity contribution in [2.24, 2.45) is 0 Å². The molecule has 1 heterocycles. The Bertz CT molecular complexity index is 567. The second kappa shape index (κ2) is 7.25. The summed E-state index contributed by atoms with van der Waals surface area (Å²) in [4.78, 5) is 1.37. The minimum Gasteiger partial charge on any atom is -0.496 e. The van der Waals surface area contributed by atoms with Gasteiger partial charge in [0.05, 0.1) is 7.11 Å². The largest absolute Gasteiger partial charge is 0.496 e. The standard InChI is InChI=1S/C16H20BrNOS/c1-4-18-15(9-13-8-12(17)10-20-13)14-7-11(2)5-6-16(14)19-3/h5-8,10,15,18H,4,9H2,1-3H3. The number of hydrogen-bond donors (Lipinski definition) is 1. The zero-order chi connectivity index (χ0) is 14.5. The monoisotopic (exact) mass is 353 g/mol. The smallest absolute Gasteiger partial charge is 0.123 e. The lowest BCUT2D eigenvalue weighted by molar-refractivity contribution is 0.399. The van der Waals surface area contributed by atoms with Crippen LogP contribution in [-0.2, 0) is 6.42 Å². The fourth-order valence-corrected chi connectivity index (χ4v) is 3.82. The first kappa shape index (κ1) is 15.5. The van der Waals surface area contributed by atoms with Crippen LogP contribution in [0.2, 0.25) is 0 Å². The molecular weight excluding hydrogens is 334 g/mol. The molecule has 2 aromatic rings. The minimum atomic E-state index is 0.278. The molecule has 1 atom stereocenters. The number of hydrogen-bond acceptors (Lipinski definition) is 3. The van der Waals surface area contributed by atoms with Crippen molar-refractivity contribution >= 4 is 27.3 Å². The van der Waals surface area contributed by atoms with Crippen molar-refractivity contribution < 1.29 is 4.74 Å². The van der Waals surface area contributed by atoms with Crippen LogP contribution >= 0.6 is 27.3 Å². The third-order valence-corrected chi connectivity index (χ3v) is 4.96.